The van der Waals surface area contributed by atoms with Crippen LogP contribution in [0.4, 0.5) is 0 Å². The lowest BCUT2D eigenvalue weighted by molar-refractivity contribution is -0.153. The van der Waals surface area contributed by atoms with Crippen molar-refractivity contribution in [3.8, 4) is 0 Å². The van der Waals surface area contributed by atoms with E-state index in [0.717, 1.165) is 11.1 Å². The molecule has 0 fully saturated rings. The molecule has 4 heteroatoms. The molecule has 0 bridgehead atoms. The van der Waals surface area contributed by atoms with Crippen LogP contribution >= 0.6 is 0 Å². The highest BCUT2D eigenvalue weighted by molar-refractivity contribution is 5.72. The fourth-order valence-corrected chi connectivity index (χ4v) is 1.45. The summed E-state index contributed by atoms with van der Waals surface area (Å²) < 4.78 is 5.18. The van der Waals surface area contributed by atoms with Crippen LogP contribution in [0.15, 0.2) is 24.3 Å². The predicted molar refractivity (Wildman–Crippen MR) is 69.9 cm³/mol. The number of hydrogen-bond acceptors (Lipinski definition) is 4. The van der Waals surface area contributed by atoms with Crippen molar-refractivity contribution in [1.29, 1.82) is 0 Å². The van der Waals surface area contributed by atoms with Gasteiger partial charge in [-0.2, -0.15) is 0 Å². The second kappa shape index (κ2) is 6.52. The molecule has 0 atom stereocenters. The van der Waals surface area contributed by atoms with Crippen LogP contribution in [0, 0.1) is 0 Å². The Hall–Kier alpha value is -1.39. The van der Waals surface area contributed by atoms with Crippen LogP contribution in [0.25, 0.3) is 0 Å². The average Bonchev–Trinajstić information content (AvgIpc) is 2.27. The number of hydrogen-bond donors (Lipinski definition) is 2. The van der Waals surface area contributed by atoms with Gasteiger partial charge in [0, 0.05) is 6.54 Å². The molecule has 0 amide bonds. The van der Waals surface area contributed by atoms with E-state index in [0.29, 0.717) is 6.54 Å². The Morgan fingerprint density at radius 3 is 2.28 bits per heavy atom. The molecule has 0 aliphatic rings. The van der Waals surface area contributed by atoms with Crippen molar-refractivity contribution in [3.05, 3.63) is 35.4 Å². The average molecular weight is 251 g/mol. The number of benzene rings is 1. The van der Waals surface area contributed by atoms with Gasteiger partial charge in [0.05, 0.1) is 13.2 Å². The third kappa shape index (κ3) is 5.80. The Balaban J connectivity index is 2.30. The minimum absolute atomic E-state index is 0.0472. The first-order chi connectivity index (χ1) is 8.40. The molecular weight excluding hydrogens is 230 g/mol. The molecule has 0 radical (unpaired) electrons. The van der Waals surface area contributed by atoms with Gasteiger partial charge < -0.3 is 15.2 Å². The second-order valence-electron chi connectivity index (χ2n) is 5.16. The lowest BCUT2D eigenvalue weighted by atomic mass is 10.1. The molecule has 2 N–H and O–H groups in total. The van der Waals surface area contributed by atoms with Gasteiger partial charge in [-0.1, -0.05) is 24.3 Å². The lowest BCUT2D eigenvalue weighted by Gasteiger charge is -2.19. The molecule has 0 unspecified atom stereocenters. The summed E-state index contributed by atoms with van der Waals surface area (Å²) in [4.78, 5) is 11.4. The van der Waals surface area contributed by atoms with Gasteiger partial charge in [0.1, 0.15) is 5.60 Å². The Morgan fingerprint density at radius 2 is 1.78 bits per heavy atom. The minimum Gasteiger partial charge on any atom is -0.459 e. The third-order valence-electron chi connectivity index (χ3n) is 2.22. The largest absolute Gasteiger partial charge is 0.459 e. The Labute approximate surface area is 108 Å². The smallest absolute Gasteiger partial charge is 0.320 e. The molecule has 0 aliphatic carbocycles. The van der Waals surface area contributed by atoms with E-state index in [4.69, 9.17) is 9.84 Å². The molecule has 0 saturated carbocycles. The highest BCUT2D eigenvalue weighted by Gasteiger charge is 2.15. The van der Waals surface area contributed by atoms with Crippen molar-refractivity contribution < 1.29 is 14.6 Å². The number of ether oxygens (including phenoxy) is 1. The zero-order chi connectivity index (χ0) is 13.6. The van der Waals surface area contributed by atoms with Crippen molar-refractivity contribution in [1.82, 2.24) is 5.32 Å². The van der Waals surface area contributed by atoms with E-state index in [1.807, 2.05) is 45.0 Å². The van der Waals surface area contributed by atoms with E-state index in [2.05, 4.69) is 5.32 Å². The number of aliphatic hydroxyl groups is 1. The number of rotatable bonds is 5. The van der Waals surface area contributed by atoms with Crippen molar-refractivity contribution in [3.63, 3.8) is 0 Å². The van der Waals surface area contributed by atoms with Crippen LogP contribution < -0.4 is 5.32 Å². The predicted octanol–water partition coefficient (Wildman–Crippen LogP) is 1.61. The summed E-state index contributed by atoms with van der Waals surface area (Å²) in [5.74, 6) is -0.255. The Morgan fingerprint density at radius 1 is 1.22 bits per heavy atom. The van der Waals surface area contributed by atoms with Crippen molar-refractivity contribution in [2.75, 3.05) is 6.54 Å². The van der Waals surface area contributed by atoms with Gasteiger partial charge in [0.15, 0.2) is 0 Å². The lowest BCUT2D eigenvalue weighted by Crippen LogP contribution is -2.31. The summed E-state index contributed by atoms with van der Waals surface area (Å²) in [6, 6.07) is 7.58. The molecule has 1 aromatic rings. The van der Waals surface area contributed by atoms with Crippen molar-refractivity contribution in [2.24, 2.45) is 0 Å². The highest BCUT2D eigenvalue weighted by Crippen LogP contribution is 2.07. The normalized spacial score (nSPS) is 11.3. The van der Waals surface area contributed by atoms with Crippen molar-refractivity contribution >= 4 is 5.97 Å². The number of nitrogens with one attached hydrogen (secondary N) is 1. The molecule has 0 saturated heterocycles. The van der Waals surface area contributed by atoms with Gasteiger partial charge in [0.25, 0.3) is 0 Å². The van der Waals surface area contributed by atoms with Gasteiger partial charge in [-0.15, -0.1) is 0 Å². The summed E-state index contributed by atoms with van der Waals surface area (Å²) >= 11 is 0. The zero-order valence-electron chi connectivity index (χ0n) is 11.2. The van der Waals surface area contributed by atoms with E-state index in [1.165, 1.54) is 0 Å². The topological polar surface area (TPSA) is 58.6 Å². The molecule has 1 aromatic carbocycles. The SMILES string of the molecule is CC(C)(C)OC(=O)CNCc1ccc(CO)cc1. The molecule has 0 heterocycles. The summed E-state index contributed by atoms with van der Waals surface area (Å²) in [5.41, 5.74) is 1.50. The quantitative estimate of drug-likeness (QED) is 0.781. The molecule has 0 spiro atoms. The standard InChI is InChI=1S/C14H21NO3/c1-14(2,3)18-13(17)9-15-8-11-4-6-12(10-16)7-5-11/h4-7,15-16H,8-10H2,1-3H3. The van der Waals surface area contributed by atoms with Crippen LogP contribution in [0.5, 0.6) is 0 Å². The molecular formula is C14H21NO3. The van der Waals surface area contributed by atoms with Gasteiger partial charge in [-0.3, -0.25) is 4.79 Å². The number of carbonyl (C=O) groups excluding carboxylic acids is 1. The van der Waals surface area contributed by atoms with Gasteiger partial charge in [0.2, 0.25) is 0 Å². The van der Waals surface area contributed by atoms with E-state index >= 15 is 0 Å². The molecule has 0 aromatic heterocycles. The summed E-state index contributed by atoms with van der Waals surface area (Å²) in [5, 5.41) is 11.9. The highest BCUT2D eigenvalue weighted by atomic mass is 16.6. The summed E-state index contributed by atoms with van der Waals surface area (Å²) in [6.07, 6.45) is 0. The first kappa shape index (κ1) is 14.7. The van der Waals surface area contributed by atoms with E-state index in [1.54, 1.807) is 0 Å². The fraction of sp³-hybridized carbons (Fsp3) is 0.500. The number of esters is 1. The molecule has 18 heavy (non-hydrogen) atoms. The third-order valence-corrected chi connectivity index (χ3v) is 2.22. The molecule has 4 nitrogen and oxygen atoms in total. The first-order valence-electron chi connectivity index (χ1n) is 6.02. The van der Waals surface area contributed by atoms with Crippen LogP contribution in [-0.2, 0) is 22.7 Å². The maximum Gasteiger partial charge on any atom is 0.320 e. The van der Waals surface area contributed by atoms with E-state index in [-0.39, 0.29) is 19.1 Å². The van der Waals surface area contributed by atoms with Gasteiger partial charge in [-0.25, -0.2) is 0 Å². The maximum atomic E-state index is 11.4. The fourth-order valence-electron chi connectivity index (χ4n) is 1.45. The summed E-state index contributed by atoms with van der Waals surface area (Å²) in [7, 11) is 0. The van der Waals surface area contributed by atoms with Gasteiger partial charge in [-0.05, 0) is 31.9 Å². The molecule has 1 rings (SSSR count). The maximum absolute atomic E-state index is 11.4. The second-order valence-corrected chi connectivity index (χ2v) is 5.16. The monoisotopic (exact) mass is 251 g/mol. The van der Waals surface area contributed by atoms with Crippen LogP contribution in [0.1, 0.15) is 31.9 Å². The van der Waals surface area contributed by atoms with E-state index in [9.17, 15) is 4.79 Å². The Bertz CT molecular complexity index is 379. The van der Waals surface area contributed by atoms with Crippen LogP contribution in [-0.4, -0.2) is 23.2 Å². The Kier molecular flexibility index (Phi) is 5.31. The molecule has 0 aliphatic heterocycles. The number of carbonyl (C=O) groups is 1. The summed E-state index contributed by atoms with van der Waals surface area (Å²) in [6.45, 7) is 6.38. The van der Waals surface area contributed by atoms with Crippen LogP contribution in [0.3, 0.4) is 0 Å². The van der Waals surface area contributed by atoms with Gasteiger partial charge >= 0.3 is 5.97 Å². The van der Waals surface area contributed by atoms with Crippen LogP contribution in [0.2, 0.25) is 0 Å². The zero-order valence-corrected chi connectivity index (χ0v) is 11.2. The first-order valence-corrected chi connectivity index (χ1v) is 6.02. The number of aliphatic hydroxyl groups excluding tert-OH is 1. The van der Waals surface area contributed by atoms with Crippen molar-refractivity contribution in [2.45, 2.75) is 39.5 Å². The molecule has 100 valence electrons. The van der Waals surface area contributed by atoms with E-state index < -0.39 is 5.60 Å². The minimum atomic E-state index is -0.443.